The molecule has 1 aliphatic carbocycles. The number of carbonyl (C=O) groups excluding carboxylic acids is 3. The van der Waals surface area contributed by atoms with Crippen LogP contribution >= 0.6 is 0 Å². The number of ether oxygens (including phenoxy) is 1. The summed E-state index contributed by atoms with van der Waals surface area (Å²) in [5.41, 5.74) is 1.04. The summed E-state index contributed by atoms with van der Waals surface area (Å²) in [6.07, 6.45) is 5.47. The minimum atomic E-state index is -1.04. The Balaban J connectivity index is 1.77. The van der Waals surface area contributed by atoms with Crippen molar-refractivity contribution in [3.05, 3.63) is 65.5 Å². The lowest BCUT2D eigenvalue weighted by Gasteiger charge is -2.37. The molecule has 1 heterocycles. The van der Waals surface area contributed by atoms with Crippen molar-refractivity contribution in [1.29, 1.82) is 0 Å². The van der Waals surface area contributed by atoms with Crippen LogP contribution in [-0.4, -0.2) is 47.0 Å². The lowest BCUT2D eigenvalue weighted by Crippen LogP contribution is -2.53. The van der Waals surface area contributed by atoms with E-state index in [0.717, 1.165) is 37.7 Å². The first-order valence-electron chi connectivity index (χ1n) is 14.0. The van der Waals surface area contributed by atoms with Crippen LogP contribution in [0.25, 0.3) is 0 Å². The summed E-state index contributed by atoms with van der Waals surface area (Å²) in [4.78, 5) is 44.4. The third-order valence-corrected chi connectivity index (χ3v) is 7.43. The van der Waals surface area contributed by atoms with Gasteiger partial charge in [0.25, 0.3) is 5.91 Å². The third-order valence-electron chi connectivity index (χ3n) is 7.43. The number of halogens is 1. The molecule has 210 valence electrons. The van der Waals surface area contributed by atoms with Gasteiger partial charge in [-0.1, -0.05) is 49.6 Å². The maximum atomic E-state index is 14.6. The Morgan fingerprint density at radius 1 is 1.00 bits per heavy atom. The average Bonchev–Trinajstić information content (AvgIpc) is 3.37. The number of likely N-dealkylation sites (tertiary alicyclic amines) is 1. The van der Waals surface area contributed by atoms with E-state index in [0.29, 0.717) is 24.9 Å². The molecule has 2 fully saturated rings. The zero-order valence-electron chi connectivity index (χ0n) is 23.4. The normalized spacial score (nSPS) is 18.9. The first kappa shape index (κ1) is 28.6. The van der Waals surface area contributed by atoms with Gasteiger partial charge in [0.05, 0.1) is 0 Å². The van der Waals surface area contributed by atoms with Crippen molar-refractivity contribution in [3.8, 4) is 0 Å². The summed E-state index contributed by atoms with van der Waals surface area (Å²) in [7, 11) is 0. The van der Waals surface area contributed by atoms with Crippen molar-refractivity contribution < 1.29 is 23.5 Å². The standard InChI is InChI=1S/C31H40FN3O4/c1-21-12-8-9-17-25(21)27(28(36)33-23-14-6-5-7-15-23)35(24-16-10-13-22(32)20-24)29(37)26-18-11-19-34(26)30(38)39-31(2,3)4/h8-10,12-13,16-17,20,23,26-27H,5-7,11,14-15,18-19H2,1-4H3,(H,33,36)/t26-,27-/m0/s1. The molecule has 39 heavy (non-hydrogen) atoms. The average molecular weight is 538 g/mol. The number of nitrogens with zero attached hydrogens (tertiary/aromatic N) is 2. The van der Waals surface area contributed by atoms with Crippen LogP contribution in [0.2, 0.25) is 0 Å². The smallest absolute Gasteiger partial charge is 0.410 e. The summed E-state index contributed by atoms with van der Waals surface area (Å²) in [6.45, 7) is 7.60. The summed E-state index contributed by atoms with van der Waals surface area (Å²) in [5, 5.41) is 3.19. The van der Waals surface area contributed by atoms with Crippen LogP contribution in [0.5, 0.6) is 0 Å². The Bertz CT molecular complexity index is 1190. The number of carbonyl (C=O) groups is 3. The highest BCUT2D eigenvalue weighted by molar-refractivity contribution is 6.05. The van der Waals surface area contributed by atoms with Gasteiger partial charge in [0, 0.05) is 18.3 Å². The number of hydrogen-bond acceptors (Lipinski definition) is 4. The minimum absolute atomic E-state index is 0.0203. The van der Waals surface area contributed by atoms with E-state index >= 15 is 0 Å². The van der Waals surface area contributed by atoms with Crippen molar-refractivity contribution in [2.45, 2.75) is 96.4 Å². The fraction of sp³-hybridized carbons (Fsp3) is 0.516. The van der Waals surface area contributed by atoms with E-state index in [2.05, 4.69) is 5.32 Å². The number of nitrogens with one attached hydrogen (secondary N) is 1. The summed E-state index contributed by atoms with van der Waals surface area (Å²) in [5.74, 6) is -1.26. The molecule has 2 aliphatic rings. The molecule has 0 unspecified atom stereocenters. The number of hydrogen-bond donors (Lipinski definition) is 1. The Morgan fingerprint density at radius 3 is 2.38 bits per heavy atom. The van der Waals surface area contributed by atoms with Gasteiger partial charge in [-0.2, -0.15) is 0 Å². The number of aryl methyl sites for hydroxylation is 1. The van der Waals surface area contributed by atoms with Crippen LogP contribution < -0.4 is 10.2 Å². The largest absolute Gasteiger partial charge is 0.444 e. The second kappa shape index (κ2) is 12.2. The third kappa shape index (κ3) is 6.97. The fourth-order valence-electron chi connectivity index (χ4n) is 5.57. The maximum absolute atomic E-state index is 14.6. The molecule has 0 aromatic heterocycles. The molecule has 0 spiro atoms. The predicted octanol–water partition coefficient (Wildman–Crippen LogP) is 6.06. The van der Waals surface area contributed by atoms with Crippen LogP contribution in [0, 0.1) is 12.7 Å². The van der Waals surface area contributed by atoms with Gasteiger partial charge in [0.15, 0.2) is 0 Å². The van der Waals surface area contributed by atoms with Crippen molar-refractivity contribution in [3.63, 3.8) is 0 Å². The lowest BCUT2D eigenvalue weighted by atomic mass is 9.93. The van der Waals surface area contributed by atoms with Crippen molar-refractivity contribution in [1.82, 2.24) is 10.2 Å². The van der Waals surface area contributed by atoms with Crippen LogP contribution in [0.1, 0.15) is 82.9 Å². The highest BCUT2D eigenvalue weighted by Gasteiger charge is 2.43. The van der Waals surface area contributed by atoms with Crippen LogP contribution in [0.15, 0.2) is 48.5 Å². The molecular weight excluding hydrogens is 497 g/mol. The molecule has 1 saturated carbocycles. The van der Waals surface area contributed by atoms with E-state index in [1.54, 1.807) is 26.8 Å². The zero-order valence-corrected chi connectivity index (χ0v) is 23.4. The van der Waals surface area contributed by atoms with Gasteiger partial charge in [0.2, 0.25) is 5.91 Å². The van der Waals surface area contributed by atoms with Gasteiger partial charge in [-0.25, -0.2) is 9.18 Å². The van der Waals surface area contributed by atoms with Gasteiger partial charge in [-0.15, -0.1) is 0 Å². The Morgan fingerprint density at radius 2 is 1.72 bits per heavy atom. The maximum Gasteiger partial charge on any atom is 0.410 e. The van der Waals surface area contributed by atoms with E-state index in [-0.39, 0.29) is 17.6 Å². The van der Waals surface area contributed by atoms with Gasteiger partial charge in [-0.05, 0) is 82.7 Å². The summed E-state index contributed by atoms with van der Waals surface area (Å²) < 4.78 is 20.2. The zero-order chi connectivity index (χ0) is 28.2. The molecule has 1 N–H and O–H groups in total. The van der Waals surface area contributed by atoms with Crippen molar-refractivity contribution in [2.24, 2.45) is 0 Å². The van der Waals surface area contributed by atoms with E-state index in [1.807, 2.05) is 31.2 Å². The molecule has 2 aromatic rings. The highest BCUT2D eigenvalue weighted by Crippen LogP contribution is 2.34. The van der Waals surface area contributed by atoms with E-state index < -0.39 is 35.5 Å². The number of rotatable bonds is 6. The molecule has 1 aliphatic heterocycles. The molecule has 4 rings (SSSR count). The summed E-state index contributed by atoms with van der Waals surface area (Å²) >= 11 is 0. The Labute approximate surface area is 230 Å². The first-order chi connectivity index (χ1) is 18.5. The Hall–Kier alpha value is -3.42. The molecular formula is C31H40FN3O4. The van der Waals surface area contributed by atoms with E-state index in [9.17, 15) is 18.8 Å². The second-order valence-corrected chi connectivity index (χ2v) is 11.6. The Kier molecular flexibility index (Phi) is 8.93. The monoisotopic (exact) mass is 537 g/mol. The topological polar surface area (TPSA) is 79.0 Å². The van der Waals surface area contributed by atoms with Gasteiger partial charge in [-0.3, -0.25) is 19.4 Å². The van der Waals surface area contributed by atoms with E-state index in [4.69, 9.17) is 4.74 Å². The van der Waals surface area contributed by atoms with Crippen LogP contribution in [0.4, 0.5) is 14.9 Å². The molecule has 3 amide bonds. The van der Waals surface area contributed by atoms with Gasteiger partial charge in [0.1, 0.15) is 23.5 Å². The van der Waals surface area contributed by atoms with Crippen molar-refractivity contribution in [2.75, 3.05) is 11.4 Å². The molecule has 2 atom stereocenters. The molecule has 0 radical (unpaired) electrons. The van der Waals surface area contributed by atoms with Crippen LogP contribution in [-0.2, 0) is 14.3 Å². The molecule has 0 bridgehead atoms. The molecule has 2 aromatic carbocycles. The molecule has 8 heteroatoms. The first-order valence-corrected chi connectivity index (χ1v) is 14.0. The second-order valence-electron chi connectivity index (χ2n) is 11.6. The molecule has 7 nitrogen and oxygen atoms in total. The van der Waals surface area contributed by atoms with E-state index in [1.165, 1.54) is 28.0 Å². The lowest BCUT2D eigenvalue weighted by molar-refractivity contribution is -0.129. The van der Waals surface area contributed by atoms with Crippen molar-refractivity contribution >= 4 is 23.6 Å². The van der Waals surface area contributed by atoms with Crippen LogP contribution in [0.3, 0.4) is 0 Å². The SMILES string of the molecule is Cc1ccccc1[C@@H](C(=O)NC1CCCCC1)N(C(=O)[C@@H]1CCCN1C(=O)OC(C)(C)C)c1cccc(F)c1. The number of benzene rings is 2. The number of anilines is 1. The quantitative estimate of drug-likeness (QED) is 0.486. The molecule has 1 saturated heterocycles. The fourth-order valence-corrected chi connectivity index (χ4v) is 5.57. The number of amides is 3. The van der Waals surface area contributed by atoms with Gasteiger partial charge >= 0.3 is 6.09 Å². The van der Waals surface area contributed by atoms with Gasteiger partial charge < -0.3 is 10.1 Å². The predicted molar refractivity (Wildman–Crippen MR) is 149 cm³/mol. The summed E-state index contributed by atoms with van der Waals surface area (Å²) in [6, 6.07) is 11.3. The highest BCUT2D eigenvalue weighted by atomic mass is 19.1. The minimum Gasteiger partial charge on any atom is -0.444 e.